The van der Waals surface area contributed by atoms with Gasteiger partial charge in [0.2, 0.25) is 0 Å². The minimum atomic E-state index is 0.664. The summed E-state index contributed by atoms with van der Waals surface area (Å²) in [6.07, 6.45) is 0. The van der Waals surface area contributed by atoms with Crippen LogP contribution in [0.25, 0.3) is 65.5 Å². The molecule has 0 aliphatic carbocycles. The third-order valence-electron chi connectivity index (χ3n) is 6.53. The number of hydrogen-bond donors (Lipinski definition) is 0. The van der Waals surface area contributed by atoms with Crippen molar-refractivity contribution < 1.29 is 0 Å². The largest absolute Gasteiger partial charge is 0.208 e. The van der Waals surface area contributed by atoms with Gasteiger partial charge in [-0.15, -0.1) is 11.3 Å². The Hall–Kier alpha value is -4.67. The van der Waals surface area contributed by atoms with Crippen molar-refractivity contribution in [3.8, 4) is 45.3 Å². The summed E-state index contributed by atoms with van der Waals surface area (Å²) < 4.78 is 2.62. The first-order chi connectivity index (χ1) is 18.3. The summed E-state index contributed by atoms with van der Waals surface area (Å²) in [5.41, 5.74) is 5.21. The Kier molecular flexibility index (Phi) is 5.30. The van der Waals surface area contributed by atoms with Crippen LogP contribution in [-0.4, -0.2) is 15.0 Å². The average molecular weight is 492 g/mol. The van der Waals surface area contributed by atoms with Crippen molar-refractivity contribution in [1.82, 2.24) is 15.0 Å². The van der Waals surface area contributed by atoms with Gasteiger partial charge in [0.15, 0.2) is 17.5 Å². The predicted molar refractivity (Wildman–Crippen MR) is 154 cm³/mol. The van der Waals surface area contributed by atoms with Crippen molar-refractivity contribution in [2.24, 2.45) is 0 Å². The Morgan fingerprint density at radius 2 is 0.865 bits per heavy atom. The quantitative estimate of drug-likeness (QED) is 0.247. The Bertz CT molecular complexity index is 1820. The molecule has 0 atom stereocenters. The van der Waals surface area contributed by atoms with Gasteiger partial charge in [-0.3, -0.25) is 0 Å². The van der Waals surface area contributed by atoms with Crippen LogP contribution in [0.3, 0.4) is 0 Å². The molecule has 3 nitrogen and oxygen atoms in total. The van der Waals surface area contributed by atoms with Gasteiger partial charge in [0.1, 0.15) is 0 Å². The smallest absolute Gasteiger partial charge is 0.164 e. The summed E-state index contributed by atoms with van der Waals surface area (Å²) in [5, 5.41) is 2.60. The monoisotopic (exact) mass is 491 g/mol. The van der Waals surface area contributed by atoms with Gasteiger partial charge in [-0.25, -0.2) is 15.0 Å². The Morgan fingerprint density at radius 3 is 1.57 bits per heavy atom. The first kappa shape index (κ1) is 21.6. The van der Waals surface area contributed by atoms with E-state index in [9.17, 15) is 0 Å². The molecule has 0 spiro atoms. The molecule has 4 heteroatoms. The second-order valence-corrected chi connectivity index (χ2v) is 10.0. The molecular formula is C33H21N3S. The molecule has 0 unspecified atom stereocenters. The zero-order valence-corrected chi connectivity index (χ0v) is 20.7. The fourth-order valence-electron chi connectivity index (χ4n) is 4.68. The average Bonchev–Trinajstić information content (AvgIpc) is 3.36. The summed E-state index contributed by atoms with van der Waals surface area (Å²) in [5.74, 6) is 2.00. The van der Waals surface area contributed by atoms with Crippen LogP contribution >= 0.6 is 11.3 Å². The number of thiophene rings is 1. The van der Waals surface area contributed by atoms with E-state index in [2.05, 4.69) is 66.7 Å². The van der Waals surface area contributed by atoms with Gasteiger partial charge in [0.25, 0.3) is 0 Å². The number of aromatic nitrogens is 3. The standard InChI is InChI=1S/C33H21N3S/c1-3-10-22(11-4-1)31-34-32(23-12-5-2-6-13-23)36-33(35-31)26-15-9-14-24(20-26)25-18-19-30-28(21-25)27-16-7-8-17-29(27)37-30/h1-21H. The molecule has 37 heavy (non-hydrogen) atoms. The van der Waals surface area contributed by atoms with Crippen LogP contribution in [0.1, 0.15) is 0 Å². The summed E-state index contributed by atoms with van der Waals surface area (Å²) in [6.45, 7) is 0. The van der Waals surface area contributed by atoms with Crippen LogP contribution in [0.4, 0.5) is 0 Å². The van der Waals surface area contributed by atoms with E-state index < -0.39 is 0 Å². The number of fused-ring (bicyclic) bond motifs is 3. The maximum Gasteiger partial charge on any atom is 0.164 e. The second-order valence-electron chi connectivity index (χ2n) is 8.93. The van der Waals surface area contributed by atoms with Crippen molar-refractivity contribution in [1.29, 1.82) is 0 Å². The van der Waals surface area contributed by atoms with Gasteiger partial charge < -0.3 is 0 Å². The molecule has 0 saturated carbocycles. The summed E-state index contributed by atoms with van der Waals surface area (Å²) in [6, 6.07) is 44.0. The van der Waals surface area contributed by atoms with Crippen molar-refractivity contribution in [3.05, 3.63) is 127 Å². The lowest BCUT2D eigenvalue weighted by Gasteiger charge is -2.10. The van der Waals surface area contributed by atoms with Gasteiger partial charge in [-0.1, -0.05) is 103 Å². The van der Waals surface area contributed by atoms with Crippen LogP contribution in [0.5, 0.6) is 0 Å². The van der Waals surface area contributed by atoms with E-state index in [1.165, 1.54) is 25.7 Å². The summed E-state index contributed by atoms with van der Waals surface area (Å²) >= 11 is 1.84. The summed E-state index contributed by atoms with van der Waals surface area (Å²) in [7, 11) is 0. The molecule has 7 aromatic rings. The van der Waals surface area contributed by atoms with E-state index in [1.807, 2.05) is 72.0 Å². The second kappa shape index (κ2) is 9.08. The fraction of sp³-hybridized carbons (Fsp3) is 0. The minimum absolute atomic E-state index is 0.664. The van der Waals surface area contributed by atoms with E-state index in [0.29, 0.717) is 17.5 Å². The molecule has 0 bridgehead atoms. The molecule has 0 radical (unpaired) electrons. The van der Waals surface area contributed by atoms with E-state index in [0.717, 1.165) is 22.3 Å². The van der Waals surface area contributed by atoms with Gasteiger partial charge in [0.05, 0.1) is 0 Å². The van der Waals surface area contributed by atoms with Gasteiger partial charge in [-0.05, 0) is 35.4 Å². The van der Waals surface area contributed by atoms with E-state index >= 15 is 0 Å². The zero-order valence-electron chi connectivity index (χ0n) is 19.9. The SMILES string of the molecule is c1ccc(-c2nc(-c3ccccc3)nc(-c3cccc(-c4ccc5sc6ccccc6c5c4)c3)n2)cc1. The lowest BCUT2D eigenvalue weighted by Crippen LogP contribution is -2.00. The topological polar surface area (TPSA) is 38.7 Å². The third kappa shape index (κ3) is 4.07. The maximum atomic E-state index is 4.90. The lowest BCUT2D eigenvalue weighted by atomic mass is 10.0. The summed E-state index contributed by atoms with van der Waals surface area (Å²) in [4.78, 5) is 14.6. The highest BCUT2D eigenvalue weighted by molar-refractivity contribution is 7.25. The minimum Gasteiger partial charge on any atom is -0.208 e. The van der Waals surface area contributed by atoms with E-state index in [1.54, 1.807) is 0 Å². The highest BCUT2D eigenvalue weighted by atomic mass is 32.1. The Labute approximate surface area is 218 Å². The molecule has 0 saturated heterocycles. The molecule has 5 aromatic carbocycles. The molecule has 0 aliphatic heterocycles. The van der Waals surface area contributed by atoms with Crippen molar-refractivity contribution in [2.75, 3.05) is 0 Å². The van der Waals surface area contributed by atoms with Crippen LogP contribution in [0.2, 0.25) is 0 Å². The predicted octanol–water partition coefficient (Wildman–Crippen LogP) is 8.91. The molecular weight excluding hydrogens is 470 g/mol. The molecule has 174 valence electrons. The van der Waals surface area contributed by atoms with Crippen LogP contribution < -0.4 is 0 Å². The number of hydrogen-bond acceptors (Lipinski definition) is 4. The fourth-order valence-corrected chi connectivity index (χ4v) is 5.77. The Morgan fingerprint density at radius 1 is 0.351 bits per heavy atom. The van der Waals surface area contributed by atoms with E-state index in [-0.39, 0.29) is 0 Å². The van der Waals surface area contributed by atoms with Gasteiger partial charge in [-0.2, -0.15) is 0 Å². The first-order valence-electron chi connectivity index (χ1n) is 12.2. The highest BCUT2D eigenvalue weighted by Gasteiger charge is 2.13. The maximum absolute atomic E-state index is 4.90. The molecule has 2 aromatic heterocycles. The Balaban J connectivity index is 1.36. The molecule has 0 fully saturated rings. The third-order valence-corrected chi connectivity index (χ3v) is 7.68. The van der Waals surface area contributed by atoms with Crippen molar-refractivity contribution in [2.45, 2.75) is 0 Å². The molecule has 0 amide bonds. The molecule has 0 N–H and O–H groups in total. The van der Waals surface area contributed by atoms with Crippen LogP contribution in [-0.2, 0) is 0 Å². The lowest BCUT2D eigenvalue weighted by molar-refractivity contribution is 1.07. The van der Waals surface area contributed by atoms with E-state index in [4.69, 9.17) is 15.0 Å². The highest BCUT2D eigenvalue weighted by Crippen LogP contribution is 2.37. The number of benzene rings is 5. The van der Waals surface area contributed by atoms with Gasteiger partial charge >= 0.3 is 0 Å². The van der Waals surface area contributed by atoms with Gasteiger partial charge in [0, 0.05) is 36.9 Å². The first-order valence-corrected chi connectivity index (χ1v) is 13.0. The normalized spacial score (nSPS) is 11.2. The van der Waals surface area contributed by atoms with Crippen molar-refractivity contribution in [3.63, 3.8) is 0 Å². The van der Waals surface area contributed by atoms with Crippen molar-refractivity contribution >= 4 is 31.5 Å². The molecule has 0 aliphatic rings. The van der Waals surface area contributed by atoms with Crippen LogP contribution in [0.15, 0.2) is 127 Å². The number of rotatable bonds is 4. The van der Waals surface area contributed by atoms with Crippen LogP contribution in [0, 0.1) is 0 Å². The molecule has 7 rings (SSSR count). The zero-order chi connectivity index (χ0) is 24.6. The molecule has 2 heterocycles. The number of nitrogens with zero attached hydrogens (tertiary/aromatic N) is 3.